The first-order valence-electron chi connectivity index (χ1n) is 4.15. The minimum absolute atomic E-state index is 0.0123. The highest BCUT2D eigenvalue weighted by Gasteiger charge is 2.10. The van der Waals surface area contributed by atoms with Crippen LogP contribution in [0.25, 0.3) is 0 Å². The van der Waals surface area contributed by atoms with Crippen molar-refractivity contribution in [2.24, 2.45) is 0 Å². The van der Waals surface area contributed by atoms with E-state index in [1.807, 2.05) is 25.1 Å². The van der Waals surface area contributed by atoms with Crippen molar-refractivity contribution in [3.8, 4) is 5.75 Å². The van der Waals surface area contributed by atoms with Gasteiger partial charge in [0.2, 0.25) is 0 Å². The van der Waals surface area contributed by atoms with Crippen molar-refractivity contribution in [1.82, 2.24) is 4.98 Å². The molecular weight excluding hydrogens is 262 g/mol. The van der Waals surface area contributed by atoms with Crippen LogP contribution >= 0.6 is 15.9 Å². The topological polar surface area (TPSA) is 38.3 Å². The summed E-state index contributed by atoms with van der Waals surface area (Å²) in [5.41, 5.74) is 0.991. The maximum absolute atomic E-state index is 10.5. The molecule has 1 radical (unpaired) electrons. The molecule has 1 aromatic rings. The van der Waals surface area contributed by atoms with E-state index in [9.17, 15) is 4.46 Å². The monoisotopic (exact) mass is 272 g/mol. The van der Waals surface area contributed by atoms with Gasteiger partial charge in [0.15, 0.2) is 0 Å². The smallest absolute Gasteiger partial charge is 0.463 e. The van der Waals surface area contributed by atoms with E-state index in [2.05, 4.69) is 20.9 Å². The Labute approximate surface area is 93.9 Å². The van der Waals surface area contributed by atoms with E-state index < -0.39 is 9.57 Å². The van der Waals surface area contributed by atoms with E-state index in [1.54, 1.807) is 7.11 Å². The molecule has 0 unspecified atom stereocenters. The molecule has 0 amide bonds. The predicted molar refractivity (Wildman–Crippen MR) is 58.7 cm³/mol. The highest BCUT2D eigenvalue weighted by Crippen LogP contribution is 2.27. The third-order valence-electron chi connectivity index (χ3n) is 1.93. The Hall–Kier alpha value is -0.683. The molecule has 5 heteroatoms. The van der Waals surface area contributed by atoms with Gasteiger partial charge in [-0.2, -0.15) is 0 Å². The van der Waals surface area contributed by atoms with E-state index in [-0.39, 0.29) is 6.04 Å². The summed E-state index contributed by atoms with van der Waals surface area (Å²) in [6.07, 6.45) is 0. The van der Waals surface area contributed by atoms with Crippen LogP contribution in [0.2, 0.25) is 0 Å². The number of hydrogen-bond acceptors (Lipinski definition) is 2. The van der Waals surface area contributed by atoms with Gasteiger partial charge in [-0.1, -0.05) is 15.9 Å². The molecule has 1 atom stereocenters. The van der Waals surface area contributed by atoms with Crippen molar-refractivity contribution >= 4 is 25.5 Å². The molecule has 14 heavy (non-hydrogen) atoms. The van der Waals surface area contributed by atoms with Crippen LogP contribution in [0.15, 0.2) is 22.7 Å². The standard InChI is InChI=1S/C9H11BrNO2Si/c1-6(11-14-12)8-5-7(10)3-4-9(8)13-2/h3-6,11H,1-2H3/t6-/m0/s1. The number of benzene rings is 1. The quantitative estimate of drug-likeness (QED) is 0.853. The van der Waals surface area contributed by atoms with Gasteiger partial charge in [0.1, 0.15) is 5.75 Å². The third kappa shape index (κ3) is 2.65. The van der Waals surface area contributed by atoms with Crippen molar-refractivity contribution in [2.45, 2.75) is 13.0 Å². The van der Waals surface area contributed by atoms with E-state index >= 15 is 0 Å². The molecule has 0 fully saturated rings. The number of methoxy groups -OCH3 is 1. The van der Waals surface area contributed by atoms with Crippen molar-refractivity contribution in [3.05, 3.63) is 28.2 Å². The zero-order valence-corrected chi connectivity index (χ0v) is 10.6. The summed E-state index contributed by atoms with van der Waals surface area (Å²) in [6, 6.07) is 5.76. The second-order valence-electron chi connectivity index (χ2n) is 2.85. The predicted octanol–water partition coefficient (Wildman–Crippen LogP) is 2.07. The molecule has 0 bridgehead atoms. The zero-order chi connectivity index (χ0) is 10.6. The molecule has 0 aromatic heterocycles. The lowest BCUT2D eigenvalue weighted by Gasteiger charge is -2.14. The van der Waals surface area contributed by atoms with Gasteiger partial charge < -0.3 is 14.2 Å². The molecule has 0 aliphatic heterocycles. The van der Waals surface area contributed by atoms with Crippen LogP contribution in [0.3, 0.4) is 0 Å². The molecule has 1 N–H and O–H groups in total. The fourth-order valence-corrected chi connectivity index (χ4v) is 1.92. The van der Waals surface area contributed by atoms with E-state index in [0.717, 1.165) is 15.8 Å². The minimum Gasteiger partial charge on any atom is -0.496 e. The summed E-state index contributed by atoms with van der Waals surface area (Å²) in [6.45, 7) is 1.94. The summed E-state index contributed by atoms with van der Waals surface area (Å²) in [7, 11) is 1.11. The molecule has 0 aliphatic rings. The van der Waals surface area contributed by atoms with Crippen molar-refractivity contribution in [3.63, 3.8) is 0 Å². The second-order valence-corrected chi connectivity index (χ2v) is 4.26. The molecule has 75 valence electrons. The Morgan fingerprint density at radius 1 is 1.57 bits per heavy atom. The van der Waals surface area contributed by atoms with Gasteiger partial charge in [-0.3, -0.25) is 0 Å². The van der Waals surface area contributed by atoms with Crippen LogP contribution < -0.4 is 9.72 Å². The first-order valence-corrected chi connectivity index (χ1v) is 5.85. The van der Waals surface area contributed by atoms with Gasteiger partial charge in [-0.25, -0.2) is 0 Å². The lowest BCUT2D eigenvalue weighted by atomic mass is 10.1. The Balaban J connectivity index is 3.02. The maximum Gasteiger partial charge on any atom is 0.463 e. The minimum atomic E-state index is -0.513. The fourth-order valence-electron chi connectivity index (χ4n) is 1.21. The van der Waals surface area contributed by atoms with Gasteiger partial charge in [0.05, 0.1) is 7.11 Å². The summed E-state index contributed by atoms with van der Waals surface area (Å²) < 4.78 is 16.7. The highest BCUT2D eigenvalue weighted by molar-refractivity contribution is 9.10. The molecular formula is C9H11BrNO2Si. The fraction of sp³-hybridized carbons (Fsp3) is 0.333. The van der Waals surface area contributed by atoms with Gasteiger partial charge in [-0.15, -0.1) is 0 Å². The van der Waals surface area contributed by atoms with Crippen molar-refractivity contribution < 1.29 is 9.20 Å². The largest absolute Gasteiger partial charge is 0.496 e. The van der Waals surface area contributed by atoms with Crippen LogP contribution in [0.4, 0.5) is 0 Å². The number of ether oxygens (including phenoxy) is 1. The summed E-state index contributed by atoms with van der Waals surface area (Å²) in [5.74, 6) is 0.798. The first-order chi connectivity index (χ1) is 6.69. The van der Waals surface area contributed by atoms with E-state index in [0.29, 0.717) is 0 Å². The van der Waals surface area contributed by atoms with E-state index in [4.69, 9.17) is 4.74 Å². The lowest BCUT2D eigenvalue weighted by molar-refractivity contribution is 0.405. The Morgan fingerprint density at radius 3 is 2.86 bits per heavy atom. The van der Waals surface area contributed by atoms with E-state index in [1.165, 1.54) is 0 Å². The Bertz CT molecular complexity index is 333. The first kappa shape index (κ1) is 11.4. The number of nitrogens with one attached hydrogen (secondary N) is 1. The number of halogens is 1. The van der Waals surface area contributed by atoms with Crippen molar-refractivity contribution in [1.29, 1.82) is 0 Å². The molecule has 1 aromatic carbocycles. The molecule has 0 saturated carbocycles. The zero-order valence-electron chi connectivity index (χ0n) is 8.00. The molecule has 3 nitrogen and oxygen atoms in total. The van der Waals surface area contributed by atoms with Crippen LogP contribution in [0.5, 0.6) is 5.75 Å². The molecule has 0 saturated heterocycles. The number of rotatable bonds is 4. The van der Waals surface area contributed by atoms with Crippen LogP contribution in [-0.2, 0) is 4.46 Å². The summed E-state index contributed by atoms with van der Waals surface area (Å²) in [5, 5.41) is 0. The summed E-state index contributed by atoms with van der Waals surface area (Å²) in [4.78, 5) is 2.84. The number of hydrogen-bond donors (Lipinski definition) is 1. The Kier molecular flexibility index (Phi) is 4.28. The van der Waals surface area contributed by atoms with Crippen LogP contribution in [0.1, 0.15) is 18.5 Å². The highest BCUT2D eigenvalue weighted by atomic mass is 79.9. The van der Waals surface area contributed by atoms with Crippen molar-refractivity contribution in [2.75, 3.05) is 7.11 Å². The van der Waals surface area contributed by atoms with Gasteiger partial charge >= 0.3 is 9.57 Å². The average molecular weight is 273 g/mol. The van der Waals surface area contributed by atoms with Gasteiger partial charge in [-0.05, 0) is 25.1 Å². The van der Waals surface area contributed by atoms with Gasteiger partial charge in [0.25, 0.3) is 0 Å². The normalized spacial score (nSPS) is 11.9. The lowest BCUT2D eigenvalue weighted by Crippen LogP contribution is -2.18. The Morgan fingerprint density at radius 2 is 2.29 bits per heavy atom. The van der Waals surface area contributed by atoms with Crippen LogP contribution in [0, 0.1) is 0 Å². The third-order valence-corrected chi connectivity index (χ3v) is 2.98. The molecule has 0 aliphatic carbocycles. The van der Waals surface area contributed by atoms with Crippen LogP contribution in [-0.4, -0.2) is 16.7 Å². The average Bonchev–Trinajstić information content (AvgIpc) is 2.18. The molecule has 1 rings (SSSR count). The molecule has 0 spiro atoms. The summed E-state index contributed by atoms with van der Waals surface area (Å²) >= 11 is 3.39. The molecule has 0 heterocycles. The van der Waals surface area contributed by atoms with Gasteiger partial charge in [0, 0.05) is 16.1 Å². The second kappa shape index (κ2) is 5.26. The maximum atomic E-state index is 10.5. The SMILES string of the molecule is COc1ccc(Br)cc1[C@H](C)N[Si]=O.